The second-order valence-electron chi connectivity index (χ2n) is 2.53. The molecule has 0 fully saturated rings. The molecule has 1 atom stereocenters. The van der Waals surface area contributed by atoms with Crippen LogP contribution in [0.2, 0.25) is 0 Å². The lowest BCUT2D eigenvalue weighted by Gasteiger charge is -2.14. The molecular formula is C9H7F3O. The molecule has 0 N–H and O–H groups in total. The van der Waals surface area contributed by atoms with Crippen LogP contribution in [0.4, 0.5) is 13.2 Å². The molecule has 4 heteroatoms. The third-order valence-electron chi connectivity index (χ3n) is 1.49. The first-order valence-corrected chi connectivity index (χ1v) is 3.61. The Morgan fingerprint density at radius 2 is 2.23 bits per heavy atom. The van der Waals surface area contributed by atoms with Gasteiger partial charge in [0.2, 0.25) is 0 Å². The van der Waals surface area contributed by atoms with Crippen molar-refractivity contribution in [2.24, 2.45) is 5.92 Å². The van der Waals surface area contributed by atoms with E-state index in [1.54, 1.807) is 6.08 Å². The standard InChI is InChI=1S/C9H7F3O/c1-2-7-4-3-5-8(6-7)13-9(10,11)12/h1,3,5-7H,4H2. The van der Waals surface area contributed by atoms with Gasteiger partial charge in [-0.05, 0) is 18.6 Å². The lowest BCUT2D eigenvalue weighted by molar-refractivity contribution is -0.303. The molecule has 0 heterocycles. The molecule has 1 aliphatic rings. The molecule has 0 aromatic heterocycles. The molecule has 1 rings (SSSR count). The molecule has 70 valence electrons. The normalized spacial score (nSPS) is 22.0. The zero-order valence-corrected chi connectivity index (χ0v) is 6.64. The van der Waals surface area contributed by atoms with Crippen molar-refractivity contribution < 1.29 is 17.9 Å². The first-order chi connectivity index (χ1) is 6.01. The molecule has 0 aliphatic heterocycles. The Bertz CT molecular complexity index is 280. The van der Waals surface area contributed by atoms with Crippen molar-refractivity contribution >= 4 is 0 Å². The highest BCUT2D eigenvalue weighted by Gasteiger charge is 2.32. The third kappa shape index (κ3) is 3.24. The molecule has 0 spiro atoms. The summed E-state index contributed by atoms with van der Waals surface area (Å²) in [5, 5.41) is 0. The smallest absolute Gasteiger partial charge is 0.406 e. The van der Waals surface area contributed by atoms with Gasteiger partial charge in [-0.1, -0.05) is 12.0 Å². The zero-order chi connectivity index (χ0) is 9.90. The maximum absolute atomic E-state index is 11.7. The molecular weight excluding hydrogens is 181 g/mol. The fourth-order valence-electron chi connectivity index (χ4n) is 0.971. The van der Waals surface area contributed by atoms with Crippen molar-refractivity contribution in [3.63, 3.8) is 0 Å². The van der Waals surface area contributed by atoms with Gasteiger partial charge in [0.1, 0.15) is 5.76 Å². The summed E-state index contributed by atoms with van der Waals surface area (Å²) in [5.41, 5.74) is 0. The topological polar surface area (TPSA) is 9.23 Å². The van der Waals surface area contributed by atoms with Crippen LogP contribution < -0.4 is 0 Å². The second kappa shape index (κ2) is 3.56. The number of allylic oxidation sites excluding steroid dienone is 3. The predicted octanol–water partition coefficient (Wildman–Crippen LogP) is 2.62. The lowest BCUT2D eigenvalue weighted by atomic mass is 10.0. The van der Waals surface area contributed by atoms with Gasteiger partial charge in [0.25, 0.3) is 0 Å². The molecule has 0 saturated heterocycles. The zero-order valence-electron chi connectivity index (χ0n) is 6.64. The van der Waals surface area contributed by atoms with Gasteiger partial charge >= 0.3 is 6.36 Å². The summed E-state index contributed by atoms with van der Waals surface area (Å²) in [6.45, 7) is 0. The first kappa shape index (κ1) is 9.72. The molecule has 13 heavy (non-hydrogen) atoms. The van der Waals surface area contributed by atoms with E-state index >= 15 is 0 Å². The molecule has 0 aromatic rings. The van der Waals surface area contributed by atoms with Crippen molar-refractivity contribution in [3.8, 4) is 12.3 Å². The van der Waals surface area contributed by atoms with Gasteiger partial charge in [-0.3, -0.25) is 0 Å². The van der Waals surface area contributed by atoms with Gasteiger partial charge in [-0.2, -0.15) is 0 Å². The predicted molar refractivity (Wildman–Crippen MR) is 41.3 cm³/mol. The van der Waals surface area contributed by atoms with Crippen LogP contribution >= 0.6 is 0 Å². The summed E-state index contributed by atoms with van der Waals surface area (Å²) in [4.78, 5) is 0. The summed E-state index contributed by atoms with van der Waals surface area (Å²) < 4.78 is 38.9. The first-order valence-electron chi connectivity index (χ1n) is 3.61. The quantitative estimate of drug-likeness (QED) is 0.575. The molecule has 1 nitrogen and oxygen atoms in total. The fraction of sp³-hybridized carbons (Fsp3) is 0.333. The number of halogens is 3. The molecule has 0 aromatic carbocycles. The van der Waals surface area contributed by atoms with Crippen LogP contribution in [-0.2, 0) is 4.74 Å². The van der Waals surface area contributed by atoms with E-state index in [0.29, 0.717) is 6.42 Å². The highest BCUT2D eigenvalue weighted by atomic mass is 19.4. The van der Waals surface area contributed by atoms with Gasteiger partial charge in [0.15, 0.2) is 0 Å². The van der Waals surface area contributed by atoms with Crippen LogP contribution in [0.3, 0.4) is 0 Å². The third-order valence-corrected chi connectivity index (χ3v) is 1.49. The van der Waals surface area contributed by atoms with E-state index in [1.807, 2.05) is 0 Å². The number of terminal acetylenes is 1. The Hall–Kier alpha value is -1.37. The summed E-state index contributed by atoms with van der Waals surface area (Å²) in [7, 11) is 0. The van der Waals surface area contributed by atoms with Crippen LogP contribution in [-0.4, -0.2) is 6.36 Å². The minimum atomic E-state index is -4.65. The minimum Gasteiger partial charge on any atom is -0.406 e. The van der Waals surface area contributed by atoms with Crippen molar-refractivity contribution in [1.29, 1.82) is 0 Å². The second-order valence-corrected chi connectivity index (χ2v) is 2.53. The van der Waals surface area contributed by atoms with Crippen LogP contribution in [0.1, 0.15) is 6.42 Å². The Morgan fingerprint density at radius 1 is 1.54 bits per heavy atom. The molecule has 1 aliphatic carbocycles. The average Bonchev–Trinajstić information content (AvgIpc) is 2.01. The van der Waals surface area contributed by atoms with Crippen molar-refractivity contribution in [3.05, 3.63) is 24.0 Å². The van der Waals surface area contributed by atoms with E-state index in [-0.39, 0.29) is 11.7 Å². The van der Waals surface area contributed by atoms with Crippen LogP contribution in [0, 0.1) is 18.3 Å². The summed E-state index contributed by atoms with van der Waals surface area (Å²) in [6, 6.07) is 0. The Morgan fingerprint density at radius 3 is 2.77 bits per heavy atom. The van der Waals surface area contributed by atoms with Gasteiger partial charge in [-0.15, -0.1) is 19.6 Å². The maximum atomic E-state index is 11.7. The van der Waals surface area contributed by atoms with Crippen molar-refractivity contribution in [2.75, 3.05) is 0 Å². The van der Waals surface area contributed by atoms with Gasteiger partial charge in [0.05, 0.1) is 0 Å². The average molecular weight is 188 g/mol. The number of ether oxygens (including phenoxy) is 1. The number of rotatable bonds is 1. The molecule has 0 amide bonds. The van der Waals surface area contributed by atoms with Gasteiger partial charge in [-0.25, -0.2) is 0 Å². The van der Waals surface area contributed by atoms with Gasteiger partial charge < -0.3 is 4.74 Å². The fourth-order valence-corrected chi connectivity index (χ4v) is 0.971. The highest BCUT2D eigenvalue weighted by Crippen LogP contribution is 2.25. The molecule has 0 saturated carbocycles. The van der Waals surface area contributed by atoms with Crippen LogP contribution in [0.15, 0.2) is 24.0 Å². The van der Waals surface area contributed by atoms with E-state index in [2.05, 4.69) is 10.7 Å². The van der Waals surface area contributed by atoms with E-state index in [0.717, 1.165) is 0 Å². The van der Waals surface area contributed by atoms with E-state index in [9.17, 15) is 13.2 Å². The van der Waals surface area contributed by atoms with E-state index in [1.165, 1.54) is 12.2 Å². The highest BCUT2D eigenvalue weighted by molar-refractivity contribution is 5.23. The summed E-state index contributed by atoms with van der Waals surface area (Å²) in [6.07, 6.45) is 5.09. The summed E-state index contributed by atoms with van der Waals surface area (Å²) >= 11 is 0. The van der Waals surface area contributed by atoms with Crippen LogP contribution in [0.5, 0.6) is 0 Å². The number of hydrogen-bond acceptors (Lipinski definition) is 1. The Kier molecular flexibility index (Phi) is 2.66. The molecule has 0 bridgehead atoms. The Balaban J connectivity index is 2.66. The van der Waals surface area contributed by atoms with E-state index < -0.39 is 6.36 Å². The Labute approximate surface area is 73.9 Å². The maximum Gasteiger partial charge on any atom is 0.573 e. The SMILES string of the molecule is C#CC1C=C(OC(F)(F)F)C=CC1. The van der Waals surface area contributed by atoms with Crippen molar-refractivity contribution in [2.45, 2.75) is 12.8 Å². The lowest BCUT2D eigenvalue weighted by Crippen LogP contribution is -2.13. The minimum absolute atomic E-state index is 0.235. The van der Waals surface area contributed by atoms with Gasteiger partial charge in [0, 0.05) is 5.92 Å². The largest absolute Gasteiger partial charge is 0.573 e. The summed E-state index contributed by atoms with van der Waals surface area (Å²) in [5.74, 6) is 1.81. The molecule has 1 unspecified atom stereocenters. The van der Waals surface area contributed by atoms with Crippen molar-refractivity contribution in [1.82, 2.24) is 0 Å². The number of alkyl halides is 3. The number of hydrogen-bond donors (Lipinski definition) is 0. The molecule has 0 radical (unpaired) electrons. The van der Waals surface area contributed by atoms with Crippen LogP contribution in [0.25, 0.3) is 0 Å². The van der Waals surface area contributed by atoms with E-state index in [4.69, 9.17) is 6.42 Å². The monoisotopic (exact) mass is 188 g/mol.